The van der Waals surface area contributed by atoms with Crippen LogP contribution < -0.4 is 5.73 Å². The predicted molar refractivity (Wildman–Crippen MR) is 84.9 cm³/mol. The molecule has 2 unspecified atom stereocenters. The quantitative estimate of drug-likeness (QED) is 0.927. The lowest BCUT2D eigenvalue weighted by atomic mass is 9.88. The second-order valence-electron chi connectivity index (χ2n) is 6.59. The Bertz CT molecular complexity index is 489. The van der Waals surface area contributed by atoms with Crippen molar-refractivity contribution in [2.24, 2.45) is 17.6 Å². The molecule has 1 saturated heterocycles. The molecule has 0 aromatic heterocycles. The SMILES string of the molecule is CCC1CCN(C(=O)C2Cc3ccccc3C2)C(CN)C1. The van der Waals surface area contributed by atoms with Crippen molar-refractivity contribution >= 4 is 5.91 Å². The molecule has 0 radical (unpaired) electrons. The molecule has 3 heteroatoms. The van der Waals surface area contributed by atoms with Crippen LogP contribution in [0.1, 0.15) is 37.3 Å². The minimum atomic E-state index is 0.134. The van der Waals surface area contributed by atoms with Crippen LogP contribution in [0.2, 0.25) is 0 Å². The molecule has 0 bridgehead atoms. The van der Waals surface area contributed by atoms with Crippen LogP contribution in [0, 0.1) is 11.8 Å². The molecule has 1 fully saturated rings. The third kappa shape index (κ3) is 2.84. The molecule has 1 amide bonds. The van der Waals surface area contributed by atoms with Crippen LogP contribution in [0.15, 0.2) is 24.3 Å². The van der Waals surface area contributed by atoms with E-state index in [2.05, 4.69) is 36.1 Å². The second-order valence-corrected chi connectivity index (χ2v) is 6.59. The summed E-state index contributed by atoms with van der Waals surface area (Å²) >= 11 is 0. The van der Waals surface area contributed by atoms with Gasteiger partial charge in [0.1, 0.15) is 0 Å². The van der Waals surface area contributed by atoms with Gasteiger partial charge in [0.05, 0.1) is 0 Å². The molecule has 1 aliphatic carbocycles. The van der Waals surface area contributed by atoms with Gasteiger partial charge in [-0.2, -0.15) is 0 Å². The number of nitrogens with zero attached hydrogens (tertiary/aromatic N) is 1. The molecular weight excluding hydrogens is 260 g/mol. The molecule has 0 saturated carbocycles. The Morgan fingerprint density at radius 1 is 1.29 bits per heavy atom. The first-order chi connectivity index (χ1) is 10.2. The minimum absolute atomic E-state index is 0.134. The number of fused-ring (bicyclic) bond motifs is 1. The van der Waals surface area contributed by atoms with Crippen LogP contribution in [-0.4, -0.2) is 29.9 Å². The van der Waals surface area contributed by atoms with Gasteiger partial charge in [0, 0.05) is 25.0 Å². The van der Waals surface area contributed by atoms with E-state index in [1.54, 1.807) is 0 Å². The van der Waals surface area contributed by atoms with E-state index in [0.717, 1.165) is 38.1 Å². The summed E-state index contributed by atoms with van der Waals surface area (Å²) in [6.07, 6.45) is 5.23. The molecule has 1 aromatic carbocycles. The van der Waals surface area contributed by atoms with Crippen molar-refractivity contribution in [3.05, 3.63) is 35.4 Å². The Hall–Kier alpha value is -1.35. The molecule has 21 heavy (non-hydrogen) atoms. The zero-order chi connectivity index (χ0) is 14.8. The van der Waals surface area contributed by atoms with E-state index in [0.29, 0.717) is 12.5 Å². The fraction of sp³-hybridized carbons (Fsp3) is 0.611. The number of benzene rings is 1. The van der Waals surface area contributed by atoms with Gasteiger partial charge in [-0.1, -0.05) is 37.6 Å². The standard InChI is InChI=1S/C18H26N2O/c1-2-13-7-8-20(17(9-13)12-19)18(21)16-10-14-5-3-4-6-15(14)11-16/h3-6,13,16-17H,2,7-12,19H2,1H3. The first-order valence-electron chi connectivity index (χ1n) is 8.30. The summed E-state index contributed by atoms with van der Waals surface area (Å²) in [6.45, 7) is 3.73. The topological polar surface area (TPSA) is 46.3 Å². The van der Waals surface area contributed by atoms with Gasteiger partial charge in [-0.3, -0.25) is 4.79 Å². The maximum atomic E-state index is 12.9. The number of carbonyl (C=O) groups is 1. The van der Waals surface area contributed by atoms with E-state index in [1.807, 2.05) is 0 Å². The fourth-order valence-electron chi connectivity index (χ4n) is 3.99. The second kappa shape index (κ2) is 6.18. The highest BCUT2D eigenvalue weighted by atomic mass is 16.2. The number of piperidine rings is 1. The fourth-order valence-corrected chi connectivity index (χ4v) is 3.99. The van der Waals surface area contributed by atoms with Crippen LogP contribution in [0.25, 0.3) is 0 Å². The molecule has 3 nitrogen and oxygen atoms in total. The van der Waals surface area contributed by atoms with Crippen LogP contribution in [0.3, 0.4) is 0 Å². The summed E-state index contributed by atoms with van der Waals surface area (Å²) < 4.78 is 0. The Morgan fingerprint density at radius 2 is 1.95 bits per heavy atom. The Labute approximate surface area is 127 Å². The lowest BCUT2D eigenvalue weighted by Gasteiger charge is -2.40. The predicted octanol–water partition coefficient (Wildman–Crippen LogP) is 2.38. The van der Waals surface area contributed by atoms with Crippen molar-refractivity contribution in [3.8, 4) is 0 Å². The summed E-state index contributed by atoms with van der Waals surface area (Å²) in [7, 11) is 0. The minimum Gasteiger partial charge on any atom is -0.338 e. The van der Waals surface area contributed by atoms with Crippen molar-refractivity contribution in [3.63, 3.8) is 0 Å². The van der Waals surface area contributed by atoms with Gasteiger partial charge in [0.25, 0.3) is 0 Å². The third-order valence-electron chi connectivity index (χ3n) is 5.36. The zero-order valence-electron chi connectivity index (χ0n) is 12.9. The van der Waals surface area contributed by atoms with Gasteiger partial charge in [-0.05, 0) is 42.7 Å². The van der Waals surface area contributed by atoms with Crippen molar-refractivity contribution in [1.82, 2.24) is 4.90 Å². The summed E-state index contributed by atoms with van der Waals surface area (Å²) in [5, 5.41) is 0. The van der Waals surface area contributed by atoms with Crippen molar-refractivity contribution < 1.29 is 4.79 Å². The molecule has 1 aromatic rings. The molecule has 3 rings (SSSR count). The maximum absolute atomic E-state index is 12.9. The first kappa shape index (κ1) is 14.6. The highest BCUT2D eigenvalue weighted by Crippen LogP contribution is 2.31. The van der Waals surface area contributed by atoms with Crippen LogP contribution in [-0.2, 0) is 17.6 Å². The molecule has 0 spiro atoms. The molecule has 2 atom stereocenters. The maximum Gasteiger partial charge on any atom is 0.226 e. The monoisotopic (exact) mass is 286 g/mol. The Kier molecular flexibility index (Phi) is 4.29. The summed E-state index contributed by atoms with van der Waals surface area (Å²) in [4.78, 5) is 15.0. The highest BCUT2D eigenvalue weighted by molar-refractivity contribution is 5.81. The van der Waals surface area contributed by atoms with E-state index in [9.17, 15) is 4.79 Å². The van der Waals surface area contributed by atoms with Gasteiger partial charge >= 0.3 is 0 Å². The molecule has 2 aliphatic rings. The van der Waals surface area contributed by atoms with Gasteiger partial charge in [0.2, 0.25) is 5.91 Å². The smallest absolute Gasteiger partial charge is 0.226 e. The lowest BCUT2D eigenvalue weighted by Crippen LogP contribution is -2.51. The zero-order valence-corrected chi connectivity index (χ0v) is 12.9. The van der Waals surface area contributed by atoms with Gasteiger partial charge in [0.15, 0.2) is 0 Å². The number of carbonyl (C=O) groups excluding carboxylic acids is 1. The van der Waals surface area contributed by atoms with Crippen molar-refractivity contribution in [2.45, 2.75) is 45.1 Å². The van der Waals surface area contributed by atoms with Gasteiger partial charge in [-0.15, -0.1) is 0 Å². The number of hydrogen-bond donors (Lipinski definition) is 1. The van der Waals surface area contributed by atoms with E-state index < -0.39 is 0 Å². The summed E-state index contributed by atoms with van der Waals surface area (Å²) in [6, 6.07) is 8.71. The van der Waals surface area contributed by atoms with Gasteiger partial charge in [-0.25, -0.2) is 0 Å². The average Bonchev–Trinajstić information content (AvgIpc) is 2.97. The third-order valence-corrected chi connectivity index (χ3v) is 5.36. The number of nitrogens with two attached hydrogens (primary N) is 1. The summed E-state index contributed by atoms with van der Waals surface area (Å²) in [5.41, 5.74) is 8.64. The number of amides is 1. The van der Waals surface area contributed by atoms with Crippen molar-refractivity contribution in [1.29, 1.82) is 0 Å². The highest BCUT2D eigenvalue weighted by Gasteiger charge is 2.36. The average molecular weight is 286 g/mol. The van der Waals surface area contributed by atoms with Crippen LogP contribution >= 0.6 is 0 Å². The molecule has 114 valence electrons. The number of likely N-dealkylation sites (tertiary alicyclic amines) is 1. The van der Waals surface area contributed by atoms with E-state index in [-0.39, 0.29) is 12.0 Å². The molecule has 1 heterocycles. The Balaban J connectivity index is 1.69. The lowest BCUT2D eigenvalue weighted by molar-refractivity contribution is -0.139. The van der Waals surface area contributed by atoms with Gasteiger partial charge < -0.3 is 10.6 Å². The number of hydrogen-bond acceptors (Lipinski definition) is 2. The van der Waals surface area contributed by atoms with Crippen LogP contribution in [0.5, 0.6) is 0 Å². The molecule has 1 aliphatic heterocycles. The van der Waals surface area contributed by atoms with E-state index >= 15 is 0 Å². The first-order valence-corrected chi connectivity index (χ1v) is 8.30. The van der Waals surface area contributed by atoms with Crippen LogP contribution in [0.4, 0.5) is 0 Å². The van der Waals surface area contributed by atoms with E-state index in [1.165, 1.54) is 17.5 Å². The number of rotatable bonds is 3. The molecule has 2 N–H and O–H groups in total. The largest absolute Gasteiger partial charge is 0.338 e. The molecular formula is C18H26N2O. The van der Waals surface area contributed by atoms with E-state index in [4.69, 9.17) is 5.73 Å². The Morgan fingerprint density at radius 3 is 2.52 bits per heavy atom. The van der Waals surface area contributed by atoms with Crippen molar-refractivity contribution in [2.75, 3.05) is 13.1 Å². The normalized spacial score (nSPS) is 25.9. The summed E-state index contributed by atoms with van der Waals surface area (Å²) in [5.74, 6) is 1.20.